The van der Waals surface area contributed by atoms with E-state index in [0.717, 1.165) is 0 Å². The van der Waals surface area contributed by atoms with E-state index in [2.05, 4.69) is 16.0 Å². The lowest BCUT2D eigenvalue weighted by molar-refractivity contribution is -0.143. The molecule has 0 aliphatic rings. The second-order valence-electron chi connectivity index (χ2n) is 9.82. The van der Waals surface area contributed by atoms with Gasteiger partial charge in [-0.1, -0.05) is 38.1 Å². The van der Waals surface area contributed by atoms with Crippen molar-refractivity contribution < 1.29 is 34.5 Å². The minimum atomic E-state index is -1.18. The molecule has 0 aromatic heterocycles. The van der Waals surface area contributed by atoms with E-state index in [1.54, 1.807) is 38.1 Å². The zero-order chi connectivity index (χ0) is 29.8. The van der Waals surface area contributed by atoms with Crippen molar-refractivity contribution in [2.24, 2.45) is 11.7 Å². The maximum absolute atomic E-state index is 13.5. The van der Waals surface area contributed by atoms with Crippen LogP contribution in [0.3, 0.4) is 0 Å². The van der Waals surface area contributed by atoms with Gasteiger partial charge in [0.05, 0.1) is 6.04 Å². The fraction of sp³-hybridized carbons (Fsp3) is 0.429. The van der Waals surface area contributed by atoms with Gasteiger partial charge in [-0.05, 0) is 66.2 Å². The minimum Gasteiger partial charge on any atom is -0.508 e. The average molecular weight is 575 g/mol. The molecule has 0 heterocycles. The van der Waals surface area contributed by atoms with Crippen molar-refractivity contribution >= 4 is 35.5 Å². The van der Waals surface area contributed by atoms with Crippen LogP contribution in [-0.4, -0.2) is 75.2 Å². The molecule has 0 bridgehead atoms. The van der Waals surface area contributed by atoms with Crippen molar-refractivity contribution in [1.82, 2.24) is 16.0 Å². The van der Waals surface area contributed by atoms with Gasteiger partial charge >= 0.3 is 5.97 Å². The number of aliphatic carboxylic acids is 1. The lowest BCUT2D eigenvalue weighted by Crippen LogP contribution is -2.58. The molecule has 4 unspecified atom stereocenters. The summed E-state index contributed by atoms with van der Waals surface area (Å²) in [5, 5.41) is 36.4. The van der Waals surface area contributed by atoms with Crippen molar-refractivity contribution in [3.05, 3.63) is 59.7 Å². The molecule has 0 fully saturated rings. The smallest absolute Gasteiger partial charge is 0.326 e. The summed E-state index contributed by atoms with van der Waals surface area (Å²) in [5.41, 5.74) is 7.47. The molecular weight excluding hydrogens is 536 g/mol. The maximum Gasteiger partial charge on any atom is 0.326 e. The second-order valence-corrected chi connectivity index (χ2v) is 10.8. The number of nitrogens with one attached hydrogen (secondary N) is 3. The zero-order valence-electron chi connectivity index (χ0n) is 22.8. The highest BCUT2D eigenvalue weighted by Crippen LogP contribution is 2.14. The number of hydrogen-bond acceptors (Lipinski definition) is 8. The molecule has 2 rings (SSSR count). The molecule has 3 amide bonds. The van der Waals surface area contributed by atoms with E-state index >= 15 is 0 Å². The number of carbonyl (C=O) groups is 4. The largest absolute Gasteiger partial charge is 0.508 e. The summed E-state index contributed by atoms with van der Waals surface area (Å²) < 4.78 is 0. The van der Waals surface area contributed by atoms with Crippen molar-refractivity contribution in [3.8, 4) is 11.5 Å². The topological polar surface area (TPSA) is 191 Å². The van der Waals surface area contributed by atoms with Gasteiger partial charge in [-0.25, -0.2) is 4.79 Å². The summed E-state index contributed by atoms with van der Waals surface area (Å²) in [5.74, 6) is -2.80. The summed E-state index contributed by atoms with van der Waals surface area (Å²) in [4.78, 5) is 51.1. The molecule has 40 heavy (non-hydrogen) atoms. The van der Waals surface area contributed by atoms with Crippen LogP contribution < -0.4 is 21.7 Å². The SMILES string of the molecule is CSCCC(NC(=O)C(Cc1ccc(O)cc1)NC(=O)C(N)Cc1ccc(O)cc1)C(=O)NC(C(=O)O)C(C)C. The predicted molar refractivity (Wildman–Crippen MR) is 153 cm³/mol. The number of nitrogens with two attached hydrogens (primary N) is 1. The number of aromatic hydroxyl groups is 2. The molecule has 8 N–H and O–H groups in total. The first-order valence-corrected chi connectivity index (χ1v) is 14.2. The van der Waals surface area contributed by atoms with Crippen LogP contribution in [0.2, 0.25) is 0 Å². The normalized spacial score (nSPS) is 14.0. The predicted octanol–water partition coefficient (Wildman–Crippen LogP) is 1.16. The highest BCUT2D eigenvalue weighted by molar-refractivity contribution is 7.98. The number of phenols is 2. The summed E-state index contributed by atoms with van der Waals surface area (Å²) in [6.45, 7) is 3.33. The van der Waals surface area contributed by atoms with Gasteiger partial charge in [0.2, 0.25) is 17.7 Å². The Kier molecular flexibility index (Phi) is 12.8. The maximum atomic E-state index is 13.5. The molecule has 0 saturated carbocycles. The van der Waals surface area contributed by atoms with Crippen molar-refractivity contribution in [1.29, 1.82) is 0 Å². The van der Waals surface area contributed by atoms with Crippen molar-refractivity contribution in [2.45, 2.75) is 57.3 Å². The number of amides is 3. The Labute approximate surface area is 237 Å². The third-order valence-corrected chi connectivity index (χ3v) is 6.86. The molecule has 12 heteroatoms. The molecule has 0 saturated heterocycles. The van der Waals surface area contributed by atoms with E-state index in [0.29, 0.717) is 16.9 Å². The molecule has 0 radical (unpaired) electrons. The first-order chi connectivity index (χ1) is 18.9. The summed E-state index contributed by atoms with van der Waals surface area (Å²) in [7, 11) is 0. The van der Waals surface area contributed by atoms with Crippen LogP contribution in [0.15, 0.2) is 48.5 Å². The van der Waals surface area contributed by atoms with Crippen LogP contribution in [0.4, 0.5) is 0 Å². The summed E-state index contributed by atoms with van der Waals surface area (Å²) >= 11 is 1.46. The van der Waals surface area contributed by atoms with Crippen LogP contribution in [0.25, 0.3) is 0 Å². The van der Waals surface area contributed by atoms with Crippen LogP contribution in [-0.2, 0) is 32.0 Å². The molecule has 218 valence electrons. The number of carbonyl (C=O) groups excluding carboxylic acids is 3. The second kappa shape index (κ2) is 15.7. The number of benzene rings is 2. The lowest BCUT2D eigenvalue weighted by atomic mass is 10.0. The quantitative estimate of drug-likeness (QED) is 0.164. The zero-order valence-corrected chi connectivity index (χ0v) is 23.6. The Morgan fingerprint density at radius 3 is 1.73 bits per heavy atom. The number of carboxylic acids is 1. The van der Waals surface area contributed by atoms with Gasteiger partial charge in [-0.3, -0.25) is 14.4 Å². The number of thioether (sulfide) groups is 1. The van der Waals surface area contributed by atoms with E-state index in [1.165, 1.54) is 36.0 Å². The average Bonchev–Trinajstić information content (AvgIpc) is 2.90. The Morgan fingerprint density at radius 2 is 1.25 bits per heavy atom. The number of rotatable bonds is 15. The van der Waals surface area contributed by atoms with Crippen LogP contribution >= 0.6 is 11.8 Å². The fourth-order valence-corrected chi connectivity index (χ4v) is 4.35. The molecule has 2 aromatic rings. The van der Waals surface area contributed by atoms with Gasteiger partial charge in [-0.15, -0.1) is 0 Å². The molecule has 0 aliphatic heterocycles. The Morgan fingerprint density at radius 1 is 0.775 bits per heavy atom. The van der Waals surface area contributed by atoms with Gasteiger partial charge < -0.3 is 37.0 Å². The first kappa shape index (κ1) is 32.4. The van der Waals surface area contributed by atoms with E-state index in [-0.39, 0.29) is 36.7 Å². The third kappa shape index (κ3) is 10.4. The highest BCUT2D eigenvalue weighted by atomic mass is 32.2. The standard InChI is InChI=1S/C28H38N4O7S/c1-16(2)24(28(38)39)32-26(36)22(12-13-40-3)30-27(37)23(15-18-6-10-20(34)11-7-18)31-25(35)21(29)14-17-4-8-19(33)9-5-17/h4-11,16,21-24,33-34H,12-15,29H2,1-3H3,(H,30,37)(H,31,35)(H,32,36)(H,38,39). The number of carboxylic acid groups (broad SMARTS) is 1. The highest BCUT2D eigenvalue weighted by Gasteiger charge is 2.31. The Hall–Kier alpha value is -3.77. The number of phenolic OH excluding ortho intramolecular Hbond substituents is 2. The third-order valence-electron chi connectivity index (χ3n) is 6.21. The van der Waals surface area contributed by atoms with Gasteiger partial charge in [0.15, 0.2) is 0 Å². The molecule has 11 nitrogen and oxygen atoms in total. The monoisotopic (exact) mass is 574 g/mol. The Balaban J connectivity index is 2.23. The van der Waals surface area contributed by atoms with Crippen molar-refractivity contribution in [3.63, 3.8) is 0 Å². The number of hydrogen-bond donors (Lipinski definition) is 7. The first-order valence-electron chi connectivity index (χ1n) is 12.9. The molecule has 2 aromatic carbocycles. The minimum absolute atomic E-state index is 0.0386. The molecule has 0 spiro atoms. The van der Waals surface area contributed by atoms with E-state index in [4.69, 9.17) is 5.73 Å². The van der Waals surface area contributed by atoms with Gasteiger partial charge in [-0.2, -0.15) is 11.8 Å². The van der Waals surface area contributed by atoms with E-state index in [9.17, 15) is 34.5 Å². The fourth-order valence-electron chi connectivity index (χ4n) is 3.88. The summed E-state index contributed by atoms with van der Waals surface area (Å²) in [6, 6.07) is 8.07. The van der Waals surface area contributed by atoms with Gasteiger partial charge in [0.1, 0.15) is 29.6 Å². The Bertz CT molecular complexity index is 1140. The molecular formula is C28H38N4O7S. The van der Waals surface area contributed by atoms with Crippen LogP contribution in [0.5, 0.6) is 11.5 Å². The van der Waals surface area contributed by atoms with Gasteiger partial charge in [0.25, 0.3) is 0 Å². The van der Waals surface area contributed by atoms with E-state index < -0.39 is 47.9 Å². The van der Waals surface area contributed by atoms with Gasteiger partial charge in [0, 0.05) is 6.42 Å². The lowest BCUT2D eigenvalue weighted by Gasteiger charge is -2.26. The summed E-state index contributed by atoms with van der Waals surface area (Å²) in [6.07, 6.45) is 2.28. The molecule has 4 atom stereocenters. The van der Waals surface area contributed by atoms with Crippen LogP contribution in [0, 0.1) is 5.92 Å². The van der Waals surface area contributed by atoms with E-state index in [1.807, 2.05) is 6.26 Å². The van der Waals surface area contributed by atoms with Crippen molar-refractivity contribution in [2.75, 3.05) is 12.0 Å². The van der Waals surface area contributed by atoms with Crippen LogP contribution in [0.1, 0.15) is 31.4 Å². The molecule has 0 aliphatic carbocycles.